The Morgan fingerprint density at radius 1 is 1.00 bits per heavy atom. The van der Waals surface area contributed by atoms with Crippen LogP contribution in [0.4, 0.5) is 16.2 Å². The second-order valence-corrected chi connectivity index (χ2v) is 4.31. The van der Waals surface area contributed by atoms with Crippen molar-refractivity contribution in [3.8, 4) is 11.8 Å². The highest BCUT2D eigenvalue weighted by Gasteiger charge is 2.11. The van der Waals surface area contributed by atoms with Crippen LogP contribution in [0.1, 0.15) is 15.9 Å². The molecule has 0 bridgehead atoms. The fraction of sp³-hybridized carbons (Fsp3) is 0. The molecule has 0 saturated heterocycles. The van der Waals surface area contributed by atoms with Gasteiger partial charge in [0.15, 0.2) is 0 Å². The fourth-order valence-corrected chi connectivity index (χ4v) is 1.71. The number of amides is 2. The number of carbonyl (C=O) groups excluding carboxylic acids is 1. The highest BCUT2D eigenvalue weighted by atomic mass is 16.4. The highest BCUT2D eigenvalue weighted by Crippen LogP contribution is 2.21. The van der Waals surface area contributed by atoms with Crippen LogP contribution in [0.2, 0.25) is 0 Å². The first kappa shape index (κ1) is 14.9. The Hall–Kier alpha value is -3.53. The van der Waals surface area contributed by atoms with Crippen LogP contribution in [-0.2, 0) is 0 Å². The van der Waals surface area contributed by atoms with E-state index in [4.69, 9.17) is 10.4 Å². The minimum atomic E-state index is -1.30. The molecule has 0 saturated carbocycles. The first-order chi connectivity index (χ1) is 10.5. The molecule has 0 aliphatic heterocycles. The summed E-state index contributed by atoms with van der Waals surface area (Å²) < 4.78 is 0. The molecule has 7 nitrogen and oxygen atoms in total. The zero-order chi connectivity index (χ0) is 16.1. The van der Waals surface area contributed by atoms with Gasteiger partial charge in [0.05, 0.1) is 11.6 Å². The number of urea groups is 1. The number of nitrogens with one attached hydrogen (secondary N) is 2. The summed E-state index contributed by atoms with van der Waals surface area (Å²) in [4.78, 5) is 22.7. The van der Waals surface area contributed by atoms with Crippen LogP contribution >= 0.6 is 0 Å². The number of aromatic hydroxyl groups is 1. The minimum Gasteiger partial charge on any atom is -0.507 e. The number of anilines is 2. The number of aromatic carboxylic acids is 1. The molecule has 0 aliphatic rings. The van der Waals surface area contributed by atoms with E-state index in [-0.39, 0.29) is 17.0 Å². The quantitative estimate of drug-likeness (QED) is 0.648. The first-order valence-electron chi connectivity index (χ1n) is 6.14. The number of carboxylic acids is 1. The van der Waals surface area contributed by atoms with Crippen molar-refractivity contribution >= 4 is 23.4 Å². The van der Waals surface area contributed by atoms with Gasteiger partial charge >= 0.3 is 12.0 Å². The number of nitriles is 1. The van der Waals surface area contributed by atoms with E-state index < -0.39 is 12.0 Å². The molecule has 2 amide bonds. The third-order valence-electron chi connectivity index (χ3n) is 2.76. The van der Waals surface area contributed by atoms with E-state index in [0.717, 1.165) is 6.07 Å². The van der Waals surface area contributed by atoms with Crippen LogP contribution in [0.3, 0.4) is 0 Å². The number of carboxylic acid groups (broad SMARTS) is 1. The first-order valence-corrected chi connectivity index (χ1v) is 6.14. The van der Waals surface area contributed by atoms with Gasteiger partial charge in [0, 0.05) is 11.4 Å². The molecule has 0 spiro atoms. The molecular weight excluding hydrogens is 286 g/mol. The Labute approximate surface area is 125 Å². The number of hydrogen-bond acceptors (Lipinski definition) is 4. The van der Waals surface area contributed by atoms with Crippen LogP contribution in [-0.4, -0.2) is 22.2 Å². The third kappa shape index (κ3) is 3.52. The molecular formula is C15H11N3O4. The van der Waals surface area contributed by atoms with Crippen LogP contribution < -0.4 is 10.6 Å². The van der Waals surface area contributed by atoms with Gasteiger partial charge in [0.1, 0.15) is 11.3 Å². The molecule has 2 rings (SSSR count). The van der Waals surface area contributed by atoms with Gasteiger partial charge in [-0.05, 0) is 42.5 Å². The van der Waals surface area contributed by atoms with Gasteiger partial charge < -0.3 is 20.8 Å². The van der Waals surface area contributed by atoms with E-state index in [1.807, 2.05) is 6.07 Å². The summed E-state index contributed by atoms with van der Waals surface area (Å²) in [6.45, 7) is 0. The standard InChI is InChI=1S/C15H11N3O4/c16-8-9-1-3-10(4-2-9)17-15(22)18-11-5-6-13(19)12(7-11)14(20)21/h1-7,19H,(H,20,21)(H2,17,18,22). The Morgan fingerprint density at radius 3 is 2.18 bits per heavy atom. The number of rotatable bonds is 3. The topological polar surface area (TPSA) is 122 Å². The maximum absolute atomic E-state index is 11.8. The maximum atomic E-state index is 11.8. The molecule has 0 aromatic heterocycles. The zero-order valence-corrected chi connectivity index (χ0v) is 11.2. The van der Waals surface area contributed by atoms with Crippen LogP contribution in [0.15, 0.2) is 42.5 Å². The van der Waals surface area contributed by atoms with Gasteiger partial charge in [-0.3, -0.25) is 0 Å². The monoisotopic (exact) mass is 297 g/mol. The Morgan fingerprint density at radius 2 is 1.59 bits per heavy atom. The molecule has 0 heterocycles. The average molecular weight is 297 g/mol. The van der Waals surface area contributed by atoms with Crippen molar-refractivity contribution in [2.45, 2.75) is 0 Å². The average Bonchev–Trinajstić information content (AvgIpc) is 2.49. The van der Waals surface area contributed by atoms with Gasteiger partial charge in [-0.2, -0.15) is 5.26 Å². The molecule has 0 radical (unpaired) electrons. The summed E-state index contributed by atoms with van der Waals surface area (Å²) in [5, 5.41) is 32.0. The summed E-state index contributed by atoms with van der Waals surface area (Å²) in [6.07, 6.45) is 0. The van der Waals surface area contributed by atoms with Gasteiger partial charge in [-0.15, -0.1) is 0 Å². The van der Waals surface area contributed by atoms with Crippen molar-refractivity contribution in [3.63, 3.8) is 0 Å². The number of phenols is 1. The molecule has 22 heavy (non-hydrogen) atoms. The largest absolute Gasteiger partial charge is 0.507 e. The van der Waals surface area contributed by atoms with E-state index in [1.54, 1.807) is 24.3 Å². The van der Waals surface area contributed by atoms with E-state index in [1.165, 1.54) is 12.1 Å². The smallest absolute Gasteiger partial charge is 0.339 e. The number of benzene rings is 2. The van der Waals surface area contributed by atoms with Crippen LogP contribution in [0.25, 0.3) is 0 Å². The van der Waals surface area contributed by atoms with Crippen molar-refractivity contribution in [1.29, 1.82) is 5.26 Å². The predicted octanol–water partition coefficient (Wildman–Crippen LogP) is 2.61. The lowest BCUT2D eigenvalue weighted by molar-refractivity contribution is 0.0693. The molecule has 2 aromatic carbocycles. The van der Waals surface area contributed by atoms with Crippen molar-refractivity contribution in [1.82, 2.24) is 0 Å². The normalized spacial score (nSPS) is 9.59. The highest BCUT2D eigenvalue weighted by molar-refractivity contribution is 6.01. The van der Waals surface area contributed by atoms with Crippen molar-refractivity contribution in [2.24, 2.45) is 0 Å². The predicted molar refractivity (Wildman–Crippen MR) is 78.9 cm³/mol. The molecule has 0 aliphatic carbocycles. The third-order valence-corrected chi connectivity index (χ3v) is 2.76. The van der Waals surface area contributed by atoms with Crippen molar-refractivity contribution in [3.05, 3.63) is 53.6 Å². The van der Waals surface area contributed by atoms with Gasteiger partial charge in [-0.25, -0.2) is 9.59 Å². The van der Waals surface area contributed by atoms with Gasteiger partial charge in [-0.1, -0.05) is 0 Å². The van der Waals surface area contributed by atoms with Crippen molar-refractivity contribution in [2.75, 3.05) is 10.6 Å². The lowest BCUT2D eigenvalue weighted by Crippen LogP contribution is -2.19. The number of carbonyl (C=O) groups is 2. The minimum absolute atomic E-state index is 0.223. The maximum Gasteiger partial charge on any atom is 0.339 e. The van der Waals surface area contributed by atoms with Crippen LogP contribution in [0.5, 0.6) is 5.75 Å². The molecule has 2 aromatic rings. The van der Waals surface area contributed by atoms with E-state index >= 15 is 0 Å². The molecule has 0 unspecified atom stereocenters. The Bertz CT molecular complexity index is 763. The molecule has 0 atom stereocenters. The summed E-state index contributed by atoms with van der Waals surface area (Å²) in [5.74, 6) is -1.68. The van der Waals surface area contributed by atoms with Crippen molar-refractivity contribution < 1.29 is 19.8 Å². The second-order valence-electron chi connectivity index (χ2n) is 4.31. The molecule has 7 heteroatoms. The van der Waals surface area contributed by atoms with Crippen LogP contribution in [0, 0.1) is 11.3 Å². The number of nitrogens with zero attached hydrogens (tertiary/aromatic N) is 1. The summed E-state index contributed by atoms with van der Waals surface area (Å²) >= 11 is 0. The second kappa shape index (κ2) is 6.28. The van der Waals surface area contributed by atoms with E-state index in [2.05, 4.69) is 10.6 Å². The Kier molecular flexibility index (Phi) is 4.24. The molecule has 4 N–H and O–H groups in total. The van der Waals surface area contributed by atoms with E-state index in [9.17, 15) is 14.7 Å². The van der Waals surface area contributed by atoms with Gasteiger partial charge in [0.2, 0.25) is 0 Å². The fourth-order valence-electron chi connectivity index (χ4n) is 1.71. The SMILES string of the molecule is N#Cc1ccc(NC(=O)Nc2ccc(O)c(C(=O)O)c2)cc1. The number of hydrogen-bond donors (Lipinski definition) is 4. The zero-order valence-electron chi connectivity index (χ0n) is 11.2. The Balaban J connectivity index is 2.07. The van der Waals surface area contributed by atoms with E-state index in [0.29, 0.717) is 11.3 Å². The lowest BCUT2D eigenvalue weighted by Gasteiger charge is -2.09. The lowest BCUT2D eigenvalue weighted by atomic mass is 10.2. The molecule has 110 valence electrons. The van der Waals surface area contributed by atoms with Gasteiger partial charge in [0.25, 0.3) is 0 Å². The molecule has 0 fully saturated rings. The summed E-state index contributed by atoms with van der Waals surface area (Å²) in [5.41, 5.74) is 0.863. The summed E-state index contributed by atoms with van der Waals surface area (Å²) in [6, 6.07) is 11.3. The summed E-state index contributed by atoms with van der Waals surface area (Å²) in [7, 11) is 0.